The van der Waals surface area contributed by atoms with Gasteiger partial charge in [0.1, 0.15) is 5.75 Å². The standard InChI is InChI=1S/C19H15ClF3N7O3S/c20-13-2-1-12(33-19(21,22)23)3-14(13)28-5-10-7-29(8-11(10)6-28)18-24-4-15(34-18)17-25-27-30(26-17)9-16(31)32/h1-4H,5-9H2,(H,31,32). The number of rotatable bonds is 6. The van der Waals surface area contributed by atoms with Gasteiger partial charge in [-0.25, -0.2) is 4.98 Å². The quantitative estimate of drug-likeness (QED) is 0.497. The molecule has 15 heteroatoms. The van der Waals surface area contributed by atoms with E-state index in [1.165, 1.54) is 29.5 Å². The molecule has 2 aliphatic heterocycles. The maximum absolute atomic E-state index is 12.6. The highest BCUT2D eigenvalue weighted by Crippen LogP contribution is 2.39. The number of carbonyl (C=O) groups is 1. The molecule has 178 valence electrons. The van der Waals surface area contributed by atoms with Gasteiger partial charge >= 0.3 is 12.3 Å². The van der Waals surface area contributed by atoms with Crippen molar-refractivity contribution in [2.75, 3.05) is 36.0 Å². The largest absolute Gasteiger partial charge is 0.573 e. The highest BCUT2D eigenvalue weighted by atomic mass is 35.5. The molecule has 2 aliphatic rings. The Bertz CT molecular complexity index is 1270. The summed E-state index contributed by atoms with van der Waals surface area (Å²) in [6.45, 7) is 1.92. The Hall–Kier alpha value is -3.39. The number of carboxylic acid groups (broad SMARTS) is 1. The maximum atomic E-state index is 12.6. The minimum atomic E-state index is -4.77. The first-order valence-electron chi connectivity index (χ1n) is 9.85. The third kappa shape index (κ3) is 4.63. The molecule has 4 heterocycles. The normalized spacial score (nSPS) is 15.9. The van der Waals surface area contributed by atoms with E-state index in [9.17, 15) is 18.0 Å². The van der Waals surface area contributed by atoms with E-state index in [0.29, 0.717) is 47.6 Å². The van der Waals surface area contributed by atoms with Crippen molar-refractivity contribution in [2.24, 2.45) is 0 Å². The number of aromatic nitrogens is 5. The van der Waals surface area contributed by atoms with E-state index < -0.39 is 12.3 Å². The third-order valence-electron chi connectivity index (χ3n) is 5.23. The number of benzene rings is 1. The molecule has 0 unspecified atom stereocenters. The Labute approximate surface area is 198 Å². The molecule has 0 bridgehead atoms. The molecule has 0 saturated carbocycles. The molecule has 34 heavy (non-hydrogen) atoms. The molecular formula is C19H15ClF3N7O3S. The van der Waals surface area contributed by atoms with Gasteiger partial charge < -0.3 is 19.6 Å². The van der Waals surface area contributed by atoms with E-state index in [2.05, 4.69) is 30.0 Å². The number of aliphatic carboxylic acids is 1. The van der Waals surface area contributed by atoms with E-state index in [0.717, 1.165) is 21.1 Å². The Morgan fingerprint density at radius 3 is 2.56 bits per heavy atom. The summed E-state index contributed by atoms with van der Waals surface area (Å²) in [6, 6.07) is 3.88. The van der Waals surface area contributed by atoms with Crippen molar-refractivity contribution in [3.63, 3.8) is 0 Å². The summed E-state index contributed by atoms with van der Waals surface area (Å²) in [5, 5.41) is 21.6. The van der Waals surface area contributed by atoms with Gasteiger partial charge in [-0.05, 0) is 28.5 Å². The van der Waals surface area contributed by atoms with Crippen molar-refractivity contribution in [1.82, 2.24) is 25.2 Å². The first-order chi connectivity index (χ1) is 16.1. The highest BCUT2D eigenvalue weighted by Gasteiger charge is 2.34. The number of thiazole rings is 1. The van der Waals surface area contributed by atoms with E-state index in [-0.39, 0.29) is 12.3 Å². The Morgan fingerprint density at radius 2 is 1.88 bits per heavy atom. The van der Waals surface area contributed by atoms with Gasteiger partial charge in [0.15, 0.2) is 11.7 Å². The molecule has 0 spiro atoms. The molecule has 0 saturated heterocycles. The zero-order valence-electron chi connectivity index (χ0n) is 17.2. The summed E-state index contributed by atoms with van der Waals surface area (Å²) in [7, 11) is 0. The van der Waals surface area contributed by atoms with E-state index >= 15 is 0 Å². The third-order valence-corrected chi connectivity index (χ3v) is 6.61. The molecule has 2 aromatic heterocycles. The molecule has 1 N–H and O–H groups in total. The van der Waals surface area contributed by atoms with Gasteiger partial charge in [0.05, 0.1) is 21.8 Å². The number of anilines is 2. The second-order valence-electron chi connectivity index (χ2n) is 7.62. The first-order valence-corrected chi connectivity index (χ1v) is 11.0. The second kappa shape index (κ2) is 8.43. The summed E-state index contributed by atoms with van der Waals surface area (Å²) < 4.78 is 41.8. The lowest BCUT2D eigenvalue weighted by Gasteiger charge is -2.25. The fourth-order valence-electron chi connectivity index (χ4n) is 3.86. The molecule has 3 aromatic rings. The SMILES string of the molecule is O=C(O)Cn1nnc(-c2cnc(N3CC4=C(C3)CN(c3cc(OC(F)(F)F)ccc3Cl)C4)s2)n1. The van der Waals surface area contributed by atoms with E-state index in [1.807, 2.05) is 4.90 Å². The van der Waals surface area contributed by atoms with Gasteiger partial charge in [0, 0.05) is 32.2 Å². The Morgan fingerprint density at radius 1 is 1.18 bits per heavy atom. The monoisotopic (exact) mass is 513 g/mol. The number of tetrazole rings is 1. The Balaban J connectivity index is 1.24. The maximum Gasteiger partial charge on any atom is 0.573 e. The summed E-state index contributed by atoms with van der Waals surface area (Å²) in [5.41, 5.74) is 2.79. The van der Waals surface area contributed by atoms with Crippen LogP contribution < -0.4 is 14.5 Å². The lowest BCUT2D eigenvalue weighted by molar-refractivity contribution is -0.274. The average Bonchev–Trinajstić information content (AvgIpc) is 3.50. The molecule has 0 amide bonds. The molecule has 0 radical (unpaired) electrons. The first kappa shape index (κ1) is 22.4. The van der Waals surface area contributed by atoms with Gasteiger partial charge in [-0.15, -0.1) is 23.4 Å². The summed E-state index contributed by atoms with van der Waals surface area (Å²) >= 11 is 7.62. The number of halogens is 4. The fourth-order valence-corrected chi connectivity index (χ4v) is 4.94. The highest BCUT2D eigenvalue weighted by molar-refractivity contribution is 7.18. The van der Waals surface area contributed by atoms with Gasteiger partial charge in [-0.3, -0.25) is 4.79 Å². The number of carboxylic acids is 1. The number of hydrogen-bond donors (Lipinski definition) is 1. The molecule has 0 aliphatic carbocycles. The van der Waals surface area contributed by atoms with Gasteiger partial charge in [0.25, 0.3) is 0 Å². The topological polar surface area (TPSA) is 109 Å². The zero-order valence-corrected chi connectivity index (χ0v) is 18.7. The number of nitrogens with zero attached hydrogens (tertiary/aromatic N) is 7. The lowest BCUT2D eigenvalue weighted by atomic mass is 10.2. The molecule has 0 atom stereocenters. The summed E-state index contributed by atoms with van der Waals surface area (Å²) in [4.78, 5) is 20.9. The van der Waals surface area contributed by atoms with Crippen molar-refractivity contribution in [3.05, 3.63) is 40.6 Å². The average molecular weight is 514 g/mol. The van der Waals surface area contributed by atoms with Crippen LogP contribution in [0.3, 0.4) is 0 Å². The summed E-state index contributed by atoms with van der Waals surface area (Å²) in [6.07, 6.45) is -3.16. The van der Waals surface area contributed by atoms with Crippen molar-refractivity contribution in [1.29, 1.82) is 0 Å². The van der Waals surface area contributed by atoms with Crippen LogP contribution in [0, 0.1) is 0 Å². The van der Waals surface area contributed by atoms with Crippen molar-refractivity contribution < 1.29 is 27.8 Å². The zero-order chi connectivity index (χ0) is 24.0. The molecule has 5 rings (SSSR count). The van der Waals surface area contributed by atoms with Crippen molar-refractivity contribution in [3.8, 4) is 16.5 Å². The van der Waals surface area contributed by atoms with Gasteiger partial charge in [-0.2, -0.15) is 4.80 Å². The van der Waals surface area contributed by atoms with Crippen LogP contribution in [0.1, 0.15) is 0 Å². The smallest absolute Gasteiger partial charge is 0.480 e. The van der Waals surface area contributed by atoms with E-state index in [4.69, 9.17) is 16.7 Å². The second-order valence-corrected chi connectivity index (χ2v) is 9.04. The van der Waals surface area contributed by atoms with Gasteiger partial charge in [-0.1, -0.05) is 22.9 Å². The van der Waals surface area contributed by atoms with Gasteiger partial charge in [0.2, 0.25) is 5.82 Å². The van der Waals surface area contributed by atoms with Crippen LogP contribution >= 0.6 is 22.9 Å². The Kier molecular flexibility index (Phi) is 5.56. The predicted molar refractivity (Wildman–Crippen MR) is 116 cm³/mol. The number of hydrogen-bond acceptors (Lipinski definition) is 9. The minimum Gasteiger partial charge on any atom is -0.480 e. The molecule has 1 aromatic carbocycles. The molecular weight excluding hydrogens is 499 g/mol. The summed E-state index contributed by atoms with van der Waals surface area (Å²) in [5.74, 6) is -1.09. The van der Waals surface area contributed by atoms with Crippen LogP contribution in [-0.4, -0.2) is 68.8 Å². The molecule has 0 fully saturated rings. The predicted octanol–water partition coefficient (Wildman–Crippen LogP) is 3.07. The molecule has 10 nitrogen and oxygen atoms in total. The van der Waals surface area contributed by atoms with Crippen LogP contribution in [0.5, 0.6) is 5.75 Å². The van der Waals surface area contributed by atoms with E-state index in [1.54, 1.807) is 6.20 Å². The van der Waals surface area contributed by atoms with Crippen LogP contribution in [-0.2, 0) is 11.3 Å². The lowest BCUT2D eigenvalue weighted by Crippen LogP contribution is -2.29. The van der Waals surface area contributed by atoms with Crippen molar-refractivity contribution in [2.45, 2.75) is 12.9 Å². The van der Waals surface area contributed by atoms with Crippen LogP contribution in [0.15, 0.2) is 35.5 Å². The van der Waals surface area contributed by atoms with Crippen LogP contribution in [0.25, 0.3) is 10.7 Å². The number of alkyl halides is 3. The van der Waals surface area contributed by atoms with Crippen LogP contribution in [0.4, 0.5) is 24.0 Å². The van der Waals surface area contributed by atoms with Crippen molar-refractivity contribution >= 4 is 39.7 Å². The minimum absolute atomic E-state index is 0.298. The van der Waals surface area contributed by atoms with Crippen LogP contribution in [0.2, 0.25) is 5.02 Å². The number of ether oxygens (including phenoxy) is 1. The fraction of sp³-hybridized carbons (Fsp3) is 0.316.